The third-order valence-corrected chi connectivity index (χ3v) is 7.20. The topological polar surface area (TPSA) is 54.5 Å². The fourth-order valence-corrected chi connectivity index (χ4v) is 4.89. The van der Waals surface area contributed by atoms with Crippen molar-refractivity contribution >= 4 is 5.91 Å². The van der Waals surface area contributed by atoms with E-state index in [1.165, 1.54) is 17.3 Å². The fourth-order valence-electron chi connectivity index (χ4n) is 4.89. The quantitative estimate of drug-likeness (QED) is 0.534. The zero-order valence-electron chi connectivity index (χ0n) is 19.9. The third kappa shape index (κ3) is 5.03. The number of likely N-dealkylation sites (N-methyl/N-ethyl adjacent to an activating group) is 1. The Kier molecular flexibility index (Phi) is 6.98. The molecular formula is C26H33FN4O2. The van der Waals surface area contributed by atoms with E-state index in [-0.39, 0.29) is 23.7 Å². The Morgan fingerprint density at radius 3 is 2.55 bits per heavy atom. The van der Waals surface area contributed by atoms with Gasteiger partial charge in [0, 0.05) is 37.9 Å². The van der Waals surface area contributed by atoms with E-state index in [4.69, 9.17) is 4.42 Å². The number of rotatable bonds is 7. The van der Waals surface area contributed by atoms with Crippen molar-refractivity contribution < 1.29 is 13.6 Å². The first-order chi connectivity index (χ1) is 15.8. The summed E-state index contributed by atoms with van der Waals surface area (Å²) in [6.45, 7) is 6.66. The number of amides is 1. The largest absolute Gasteiger partial charge is 0.469 e. The number of benzene rings is 1. The molecule has 1 atom stereocenters. The van der Waals surface area contributed by atoms with Crippen molar-refractivity contribution in [3.63, 3.8) is 0 Å². The molecule has 1 saturated heterocycles. The van der Waals surface area contributed by atoms with Crippen LogP contribution in [-0.4, -0.2) is 51.7 Å². The highest BCUT2D eigenvalue weighted by Gasteiger charge is 2.33. The highest BCUT2D eigenvalue weighted by Crippen LogP contribution is 2.29. The number of halogens is 1. The van der Waals surface area contributed by atoms with Crippen LogP contribution in [0.15, 0.2) is 47.2 Å². The predicted molar refractivity (Wildman–Crippen MR) is 125 cm³/mol. The monoisotopic (exact) mass is 452 g/mol. The number of aryl methyl sites for hydroxylation is 2. The first-order valence-electron chi connectivity index (χ1n) is 11.6. The van der Waals surface area contributed by atoms with Gasteiger partial charge in [-0.1, -0.05) is 18.2 Å². The SMILES string of the molecule is Cc1occc1C(=O)N(C)[C@H](Cc1ccccc1F)C1CCN(Cc2cnn(C)c2C)CC1. The maximum Gasteiger partial charge on any atom is 0.257 e. The van der Waals surface area contributed by atoms with E-state index in [9.17, 15) is 9.18 Å². The van der Waals surface area contributed by atoms with E-state index in [1.807, 2.05) is 37.1 Å². The summed E-state index contributed by atoms with van der Waals surface area (Å²) in [6, 6.07) is 8.50. The third-order valence-electron chi connectivity index (χ3n) is 7.20. The molecule has 1 fully saturated rings. The molecule has 3 aromatic rings. The van der Waals surface area contributed by atoms with Gasteiger partial charge in [0.2, 0.25) is 0 Å². The van der Waals surface area contributed by atoms with Crippen LogP contribution < -0.4 is 0 Å². The lowest BCUT2D eigenvalue weighted by Gasteiger charge is -2.40. The number of hydrogen-bond donors (Lipinski definition) is 0. The Labute approximate surface area is 195 Å². The second kappa shape index (κ2) is 9.91. The van der Waals surface area contributed by atoms with Crippen molar-refractivity contribution in [1.82, 2.24) is 19.6 Å². The second-order valence-electron chi connectivity index (χ2n) is 9.16. The first kappa shape index (κ1) is 23.2. The van der Waals surface area contributed by atoms with Crippen LogP contribution in [0.1, 0.15) is 45.8 Å². The van der Waals surface area contributed by atoms with Crippen molar-refractivity contribution in [3.05, 3.63) is 76.8 Å². The molecule has 0 spiro atoms. The molecule has 0 aliphatic carbocycles. The second-order valence-corrected chi connectivity index (χ2v) is 9.16. The van der Waals surface area contributed by atoms with Gasteiger partial charge in [-0.3, -0.25) is 14.4 Å². The van der Waals surface area contributed by atoms with Crippen LogP contribution in [0, 0.1) is 25.6 Å². The number of hydrogen-bond acceptors (Lipinski definition) is 4. The van der Waals surface area contributed by atoms with Crippen LogP contribution in [0.2, 0.25) is 0 Å². The Hall–Kier alpha value is -2.93. The van der Waals surface area contributed by atoms with E-state index >= 15 is 0 Å². The lowest BCUT2D eigenvalue weighted by atomic mass is 9.84. The van der Waals surface area contributed by atoms with E-state index in [0.717, 1.165) is 32.5 Å². The molecule has 2 aromatic heterocycles. The van der Waals surface area contributed by atoms with Gasteiger partial charge in [0.1, 0.15) is 11.6 Å². The molecule has 176 valence electrons. The van der Waals surface area contributed by atoms with Gasteiger partial charge in [-0.15, -0.1) is 0 Å². The number of carbonyl (C=O) groups excluding carboxylic acids is 1. The first-order valence-corrected chi connectivity index (χ1v) is 11.6. The van der Waals surface area contributed by atoms with Gasteiger partial charge in [0.15, 0.2) is 0 Å². The molecule has 1 aliphatic heterocycles. The molecule has 7 heteroatoms. The molecule has 1 aromatic carbocycles. The predicted octanol–water partition coefficient (Wildman–Crippen LogP) is 4.36. The number of carbonyl (C=O) groups is 1. The normalized spacial score (nSPS) is 16.2. The molecule has 0 N–H and O–H groups in total. The van der Waals surface area contributed by atoms with Crippen molar-refractivity contribution in [3.8, 4) is 0 Å². The van der Waals surface area contributed by atoms with Crippen molar-refractivity contribution in [2.75, 3.05) is 20.1 Å². The zero-order chi connectivity index (χ0) is 23.5. The summed E-state index contributed by atoms with van der Waals surface area (Å²) in [5.41, 5.74) is 3.66. The molecule has 1 aliphatic rings. The number of nitrogens with zero attached hydrogens (tertiary/aromatic N) is 4. The number of aromatic nitrogens is 2. The zero-order valence-corrected chi connectivity index (χ0v) is 19.9. The van der Waals surface area contributed by atoms with Crippen molar-refractivity contribution in [2.45, 2.75) is 45.7 Å². The maximum absolute atomic E-state index is 14.5. The average molecular weight is 453 g/mol. The molecule has 0 saturated carbocycles. The summed E-state index contributed by atoms with van der Waals surface area (Å²) in [6.07, 6.45) is 5.91. The molecule has 0 radical (unpaired) electrons. The molecule has 6 nitrogen and oxygen atoms in total. The minimum atomic E-state index is -0.215. The van der Waals surface area contributed by atoms with Gasteiger partial charge >= 0.3 is 0 Å². The van der Waals surface area contributed by atoms with Gasteiger partial charge in [0.25, 0.3) is 5.91 Å². The van der Waals surface area contributed by atoms with Gasteiger partial charge in [-0.2, -0.15) is 5.10 Å². The lowest BCUT2D eigenvalue weighted by molar-refractivity contribution is 0.0581. The average Bonchev–Trinajstić information content (AvgIpc) is 3.38. The van der Waals surface area contributed by atoms with Gasteiger partial charge in [-0.05, 0) is 69.8 Å². The summed E-state index contributed by atoms with van der Waals surface area (Å²) in [7, 11) is 3.80. The van der Waals surface area contributed by atoms with E-state index in [0.29, 0.717) is 23.3 Å². The van der Waals surface area contributed by atoms with Gasteiger partial charge in [0.05, 0.1) is 18.0 Å². The lowest BCUT2D eigenvalue weighted by Crippen LogP contribution is -2.47. The summed E-state index contributed by atoms with van der Waals surface area (Å²) < 4.78 is 21.8. The van der Waals surface area contributed by atoms with E-state index < -0.39 is 0 Å². The van der Waals surface area contributed by atoms with Crippen LogP contribution in [0.5, 0.6) is 0 Å². The molecule has 1 amide bonds. The van der Waals surface area contributed by atoms with E-state index in [2.05, 4.69) is 16.9 Å². The smallest absolute Gasteiger partial charge is 0.257 e. The minimum Gasteiger partial charge on any atom is -0.469 e. The summed E-state index contributed by atoms with van der Waals surface area (Å²) in [5, 5.41) is 4.36. The number of likely N-dealkylation sites (tertiary alicyclic amines) is 1. The summed E-state index contributed by atoms with van der Waals surface area (Å²) in [5.74, 6) is 0.610. The Morgan fingerprint density at radius 2 is 1.94 bits per heavy atom. The Balaban J connectivity index is 1.50. The van der Waals surface area contributed by atoms with Crippen molar-refractivity contribution in [1.29, 1.82) is 0 Å². The highest BCUT2D eigenvalue weighted by atomic mass is 19.1. The Bertz CT molecular complexity index is 1100. The van der Waals surface area contributed by atoms with Crippen LogP contribution in [0.3, 0.4) is 0 Å². The van der Waals surface area contributed by atoms with E-state index in [1.54, 1.807) is 30.2 Å². The minimum absolute atomic E-state index is 0.0731. The molecule has 3 heterocycles. The highest BCUT2D eigenvalue weighted by molar-refractivity contribution is 5.95. The van der Waals surface area contributed by atoms with Crippen LogP contribution >= 0.6 is 0 Å². The van der Waals surface area contributed by atoms with Crippen LogP contribution in [0.4, 0.5) is 4.39 Å². The maximum atomic E-state index is 14.5. The molecule has 4 rings (SSSR count). The molecule has 0 bridgehead atoms. The van der Waals surface area contributed by atoms with Gasteiger partial charge < -0.3 is 9.32 Å². The summed E-state index contributed by atoms with van der Waals surface area (Å²) >= 11 is 0. The Morgan fingerprint density at radius 1 is 1.21 bits per heavy atom. The standard InChI is InChI=1S/C26H33FN4O2/c1-18-22(16-28-30(18)4)17-31-12-9-20(10-13-31)25(15-21-7-5-6-8-24(21)27)29(3)26(32)23-11-14-33-19(23)2/h5-8,11,14,16,20,25H,9-10,12-13,15,17H2,1-4H3/t25-/m1/s1. The van der Waals surface area contributed by atoms with Crippen molar-refractivity contribution in [2.24, 2.45) is 13.0 Å². The molecule has 0 unspecified atom stereocenters. The van der Waals surface area contributed by atoms with Crippen LogP contribution in [-0.2, 0) is 20.0 Å². The number of piperidine rings is 1. The summed E-state index contributed by atoms with van der Waals surface area (Å²) in [4.78, 5) is 17.5. The van der Waals surface area contributed by atoms with Crippen LogP contribution in [0.25, 0.3) is 0 Å². The number of furan rings is 1. The molecular weight excluding hydrogens is 419 g/mol. The van der Waals surface area contributed by atoms with Gasteiger partial charge in [-0.25, -0.2) is 4.39 Å². The fraction of sp³-hybridized carbons (Fsp3) is 0.462. The molecule has 33 heavy (non-hydrogen) atoms.